The second-order valence-corrected chi connectivity index (χ2v) is 6.70. The van der Waals surface area contributed by atoms with E-state index in [0.717, 1.165) is 32.4 Å². The minimum Gasteiger partial charge on any atom is -0.369 e. The first kappa shape index (κ1) is 13.9. The minimum absolute atomic E-state index is 0.0413. The second-order valence-electron chi connectivity index (χ2n) is 6.70. The number of primary amides is 1. The summed E-state index contributed by atoms with van der Waals surface area (Å²) in [6.07, 6.45) is 6.09. The number of carbonyl (C=O) groups excluding carboxylic acids is 2. The summed E-state index contributed by atoms with van der Waals surface area (Å²) < 4.78 is 0. The van der Waals surface area contributed by atoms with Gasteiger partial charge in [-0.2, -0.15) is 0 Å². The molecule has 2 heterocycles. The van der Waals surface area contributed by atoms with Crippen molar-refractivity contribution in [3.8, 4) is 0 Å². The molecule has 0 aromatic carbocycles. The SMILES string of the molecule is NC(=O)C1CCN(C(=O)[C@@]23CCCC[C@H]2CNC3)CC1. The van der Waals surface area contributed by atoms with Gasteiger partial charge in [0.2, 0.25) is 11.8 Å². The molecule has 5 heteroatoms. The highest BCUT2D eigenvalue weighted by molar-refractivity contribution is 5.84. The number of carbonyl (C=O) groups is 2. The van der Waals surface area contributed by atoms with E-state index in [-0.39, 0.29) is 17.2 Å². The van der Waals surface area contributed by atoms with Crippen LogP contribution in [0.3, 0.4) is 0 Å². The number of piperidine rings is 1. The zero-order chi connectivity index (χ0) is 14.2. The fourth-order valence-corrected chi connectivity index (χ4v) is 4.35. The Morgan fingerprint density at radius 3 is 2.60 bits per heavy atom. The van der Waals surface area contributed by atoms with Crippen LogP contribution in [-0.4, -0.2) is 42.9 Å². The van der Waals surface area contributed by atoms with E-state index >= 15 is 0 Å². The molecular formula is C15H25N3O2. The van der Waals surface area contributed by atoms with Gasteiger partial charge in [-0.05, 0) is 38.1 Å². The number of hydrogen-bond acceptors (Lipinski definition) is 3. The summed E-state index contributed by atoms with van der Waals surface area (Å²) in [4.78, 5) is 26.2. The lowest BCUT2D eigenvalue weighted by atomic mass is 9.67. The van der Waals surface area contributed by atoms with Crippen molar-refractivity contribution >= 4 is 11.8 Å². The number of amides is 2. The average molecular weight is 279 g/mol. The van der Waals surface area contributed by atoms with E-state index in [4.69, 9.17) is 5.73 Å². The normalized spacial score (nSPS) is 34.8. The second kappa shape index (κ2) is 5.35. The molecule has 2 aliphatic heterocycles. The topological polar surface area (TPSA) is 75.4 Å². The fraction of sp³-hybridized carbons (Fsp3) is 0.867. The Morgan fingerprint density at radius 1 is 1.15 bits per heavy atom. The van der Waals surface area contributed by atoms with Crippen molar-refractivity contribution in [3.63, 3.8) is 0 Å². The maximum atomic E-state index is 13.0. The van der Waals surface area contributed by atoms with Crippen molar-refractivity contribution in [1.82, 2.24) is 10.2 Å². The first-order valence-corrected chi connectivity index (χ1v) is 7.93. The van der Waals surface area contributed by atoms with Gasteiger partial charge in [0.1, 0.15) is 0 Å². The number of nitrogens with two attached hydrogens (primary N) is 1. The summed E-state index contributed by atoms with van der Waals surface area (Å²) in [5.74, 6) is 0.585. The van der Waals surface area contributed by atoms with E-state index in [0.29, 0.717) is 24.9 Å². The van der Waals surface area contributed by atoms with Gasteiger partial charge in [0, 0.05) is 25.6 Å². The Morgan fingerprint density at radius 2 is 1.90 bits per heavy atom. The van der Waals surface area contributed by atoms with Crippen LogP contribution in [0.4, 0.5) is 0 Å². The highest BCUT2D eigenvalue weighted by atomic mass is 16.2. The van der Waals surface area contributed by atoms with Gasteiger partial charge in [-0.3, -0.25) is 9.59 Å². The standard InChI is InChI=1S/C15H25N3O2/c16-13(19)11-4-7-18(8-5-11)14(20)15-6-2-1-3-12(15)9-17-10-15/h11-12,17H,1-10H2,(H2,16,19)/t12-,15+/m0/s1. The molecule has 5 nitrogen and oxygen atoms in total. The molecule has 20 heavy (non-hydrogen) atoms. The molecule has 112 valence electrons. The maximum absolute atomic E-state index is 13.0. The van der Waals surface area contributed by atoms with E-state index in [1.807, 2.05) is 4.90 Å². The fourth-order valence-electron chi connectivity index (χ4n) is 4.35. The van der Waals surface area contributed by atoms with E-state index in [1.54, 1.807) is 0 Å². The maximum Gasteiger partial charge on any atom is 0.230 e. The first-order valence-electron chi connectivity index (χ1n) is 7.93. The molecule has 0 radical (unpaired) electrons. The van der Waals surface area contributed by atoms with Gasteiger partial charge in [-0.25, -0.2) is 0 Å². The quantitative estimate of drug-likeness (QED) is 0.772. The Hall–Kier alpha value is -1.10. The third-order valence-electron chi connectivity index (χ3n) is 5.65. The van der Waals surface area contributed by atoms with Gasteiger partial charge in [0.25, 0.3) is 0 Å². The molecule has 2 atom stereocenters. The Kier molecular flexibility index (Phi) is 3.71. The molecule has 0 aromatic rings. The van der Waals surface area contributed by atoms with Gasteiger partial charge in [0.05, 0.1) is 5.41 Å². The van der Waals surface area contributed by atoms with Crippen LogP contribution < -0.4 is 11.1 Å². The van der Waals surface area contributed by atoms with E-state index in [9.17, 15) is 9.59 Å². The van der Waals surface area contributed by atoms with Crippen molar-refractivity contribution in [1.29, 1.82) is 0 Å². The molecule has 2 saturated heterocycles. The van der Waals surface area contributed by atoms with Gasteiger partial charge in [-0.1, -0.05) is 12.8 Å². The number of fused-ring (bicyclic) bond motifs is 1. The van der Waals surface area contributed by atoms with Crippen molar-refractivity contribution in [2.24, 2.45) is 23.0 Å². The molecule has 3 aliphatic rings. The molecule has 0 unspecified atom stereocenters. The van der Waals surface area contributed by atoms with Crippen LogP contribution in [0.5, 0.6) is 0 Å². The van der Waals surface area contributed by atoms with Crippen molar-refractivity contribution in [2.45, 2.75) is 38.5 Å². The molecule has 2 amide bonds. The van der Waals surface area contributed by atoms with E-state index < -0.39 is 0 Å². The third kappa shape index (κ3) is 2.22. The number of likely N-dealkylation sites (tertiary alicyclic amines) is 1. The third-order valence-corrected chi connectivity index (χ3v) is 5.65. The number of rotatable bonds is 2. The van der Waals surface area contributed by atoms with Gasteiger partial charge >= 0.3 is 0 Å². The summed E-state index contributed by atoms with van der Waals surface area (Å²) in [7, 11) is 0. The van der Waals surface area contributed by atoms with Crippen molar-refractivity contribution in [2.75, 3.05) is 26.2 Å². The van der Waals surface area contributed by atoms with E-state index in [1.165, 1.54) is 19.3 Å². The smallest absolute Gasteiger partial charge is 0.230 e. The van der Waals surface area contributed by atoms with Crippen LogP contribution in [0.2, 0.25) is 0 Å². The number of nitrogens with zero attached hydrogens (tertiary/aromatic N) is 1. The summed E-state index contributed by atoms with van der Waals surface area (Å²) in [5, 5.41) is 3.43. The average Bonchev–Trinajstić information content (AvgIpc) is 2.91. The molecule has 1 saturated carbocycles. The zero-order valence-electron chi connectivity index (χ0n) is 12.1. The molecule has 3 fully saturated rings. The monoisotopic (exact) mass is 279 g/mol. The van der Waals surface area contributed by atoms with Crippen LogP contribution in [0, 0.1) is 17.3 Å². The molecular weight excluding hydrogens is 254 g/mol. The lowest BCUT2D eigenvalue weighted by Gasteiger charge is -2.42. The first-order chi connectivity index (χ1) is 9.63. The summed E-state index contributed by atoms with van der Waals surface area (Å²) in [5.41, 5.74) is 5.21. The highest BCUT2D eigenvalue weighted by Crippen LogP contribution is 2.45. The molecule has 3 rings (SSSR count). The predicted molar refractivity (Wildman–Crippen MR) is 75.8 cm³/mol. The lowest BCUT2D eigenvalue weighted by Crippen LogP contribution is -2.52. The van der Waals surface area contributed by atoms with Crippen LogP contribution in [0.15, 0.2) is 0 Å². The number of hydrogen-bond donors (Lipinski definition) is 2. The van der Waals surface area contributed by atoms with Gasteiger partial charge in [-0.15, -0.1) is 0 Å². The Balaban J connectivity index is 1.68. The summed E-state index contributed by atoms with van der Waals surface area (Å²) in [6.45, 7) is 3.22. The van der Waals surface area contributed by atoms with E-state index in [2.05, 4.69) is 5.32 Å². The number of nitrogens with one attached hydrogen (secondary N) is 1. The lowest BCUT2D eigenvalue weighted by molar-refractivity contribution is -0.147. The molecule has 0 spiro atoms. The molecule has 3 N–H and O–H groups in total. The minimum atomic E-state index is -0.215. The highest BCUT2D eigenvalue weighted by Gasteiger charge is 2.51. The van der Waals surface area contributed by atoms with Crippen LogP contribution >= 0.6 is 0 Å². The largest absolute Gasteiger partial charge is 0.369 e. The molecule has 0 aromatic heterocycles. The van der Waals surface area contributed by atoms with Crippen molar-refractivity contribution in [3.05, 3.63) is 0 Å². The van der Waals surface area contributed by atoms with Gasteiger partial charge in [0.15, 0.2) is 0 Å². The predicted octanol–water partition coefficient (Wildman–Crippen LogP) is 0.490. The summed E-state index contributed by atoms with van der Waals surface area (Å²) in [6, 6.07) is 0. The van der Waals surface area contributed by atoms with Crippen LogP contribution in [-0.2, 0) is 9.59 Å². The van der Waals surface area contributed by atoms with Crippen LogP contribution in [0.25, 0.3) is 0 Å². The Bertz CT molecular complexity index is 404. The molecule has 1 aliphatic carbocycles. The van der Waals surface area contributed by atoms with Crippen LogP contribution in [0.1, 0.15) is 38.5 Å². The molecule has 0 bridgehead atoms. The summed E-state index contributed by atoms with van der Waals surface area (Å²) >= 11 is 0. The zero-order valence-corrected chi connectivity index (χ0v) is 12.1. The van der Waals surface area contributed by atoms with Crippen molar-refractivity contribution < 1.29 is 9.59 Å². The van der Waals surface area contributed by atoms with Gasteiger partial charge < -0.3 is 16.0 Å². The Labute approximate surface area is 120 Å².